The Bertz CT molecular complexity index is 543. The number of rotatable bonds is 5. The number of carbonyl (C=O) groups excluding carboxylic acids is 1. The van der Waals surface area contributed by atoms with E-state index in [1.165, 1.54) is 0 Å². The number of ketones is 1. The van der Waals surface area contributed by atoms with Crippen molar-refractivity contribution in [2.24, 2.45) is 0 Å². The highest BCUT2D eigenvalue weighted by Crippen LogP contribution is 2.36. The number of phenolic OH excluding ortho intramolecular Hbond substituents is 2. The molecule has 2 rings (SSSR count). The van der Waals surface area contributed by atoms with Crippen molar-refractivity contribution in [1.82, 2.24) is 4.90 Å². The molecule has 108 valence electrons. The summed E-state index contributed by atoms with van der Waals surface area (Å²) in [6.07, 6.45) is 0.224. The number of phenols is 2. The van der Waals surface area contributed by atoms with E-state index in [0.717, 1.165) is 30.3 Å². The van der Waals surface area contributed by atoms with Crippen molar-refractivity contribution >= 4 is 23.2 Å². The summed E-state index contributed by atoms with van der Waals surface area (Å²) < 4.78 is 0. The number of thioether (sulfide) groups is 1. The molecule has 7 nitrogen and oxygen atoms in total. The number of benzene rings is 1. The normalized spacial score (nSPS) is 15.4. The third kappa shape index (κ3) is 3.20. The largest absolute Gasteiger partial charge is 0.504 e. The average molecular weight is 298 g/mol. The van der Waals surface area contributed by atoms with Crippen LogP contribution in [0.3, 0.4) is 0 Å². The van der Waals surface area contributed by atoms with E-state index >= 15 is 0 Å². The molecular formula is C12H14N2O5S. The SMILES string of the molecule is O=C(CCN1CCSC1)c1cc(O)c(O)c([N+](=O)[O-])c1. The topological polar surface area (TPSA) is 104 Å². The Morgan fingerprint density at radius 1 is 1.45 bits per heavy atom. The summed E-state index contributed by atoms with van der Waals surface area (Å²) in [5.74, 6) is 0.163. The van der Waals surface area contributed by atoms with Gasteiger partial charge in [0.1, 0.15) is 0 Å². The molecule has 1 aromatic rings. The highest BCUT2D eigenvalue weighted by molar-refractivity contribution is 7.99. The molecule has 0 saturated carbocycles. The molecular weight excluding hydrogens is 284 g/mol. The minimum Gasteiger partial charge on any atom is -0.504 e. The molecule has 0 atom stereocenters. The van der Waals surface area contributed by atoms with Crippen LogP contribution in [0.5, 0.6) is 11.5 Å². The van der Waals surface area contributed by atoms with E-state index in [1.807, 2.05) is 0 Å². The summed E-state index contributed by atoms with van der Waals surface area (Å²) in [7, 11) is 0. The lowest BCUT2D eigenvalue weighted by atomic mass is 10.1. The van der Waals surface area contributed by atoms with Crippen molar-refractivity contribution in [1.29, 1.82) is 0 Å². The van der Waals surface area contributed by atoms with Gasteiger partial charge in [-0.25, -0.2) is 0 Å². The molecule has 8 heteroatoms. The van der Waals surface area contributed by atoms with E-state index in [-0.39, 0.29) is 17.8 Å². The van der Waals surface area contributed by atoms with Crippen molar-refractivity contribution < 1.29 is 19.9 Å². The lowest BCUT2D eigenvalue weighted by molar-refractivity contribution is -0.386. The number of Topliss-reactive ketones (excluding diaryl/α,β-unsaturated/α-hetero) is 1. The van der Waals surface area contributed by atoms with Gasteiger partial charge in [-0.2, -0.15) is 0 Å². The number of nitro groups is 1. The van der Waals surface area contributed by atoms with E-state index in [2.05, 4.69) is 4.90 Å². The molecule has 1 fully saturated rings. The molecule has 1 aliphatic heterocycles. The van der Waals surface area contributed by atoms with Gasteiger partial charge in [-0.3, -0.25) is 19.8 Å². The van der Waals surface area contributed by atoms with Crippen LogP contribution >= 0.6 is 11.8 Å². The highest BCUT2D eigenvalue weighted by atomic mass is 32.2. The predicted molar refractivity (Wildman–Crippen MR) is 74.3 cm³/mol. The molecule has 1 aromatic carbocycles. The van der Waals surface area contributed by atoms with Crippen LogP contribution in [0, 0.1) is 10.1 Å². The van der Waals surface area contributed by atoms with Crippen molar-refractivity contribution in [3.63, 3.8) is 0 Å². The fraction of sp³-hybridized carbons (Fsp3) is 0.417. The van der Waals surface area contributed by atoms with Gasteiger partial charge < -0.3 is 10.2 Å². The summed E-state index contributed by atoms with van der Waals surface area (Å²) in [4.78, 5) is 24.0. The van der Waals surface area contributed by atoms with Gasteiger partial charge in [0.15, 0.2) is 11.5 Å². The Morgan fingerprint density at radius 2 is 2.20 bits per heavy atom. The summed E-state index contributed by atoms with van der Waals surface area (Å²) in [5, 5.41) is 29.5. The van der Waals surface area contributed by atoms with Gasteiger partial charge in [0.05, 0.1) is 4.92 Å². The van der Waals surface area contributed by atoms with Crippen molar-refractivity contribution in [2.75, 3.05) is 24.7 Å². The first kappa shape index (κ1) is 14.6. The molecule has 0 radical (unpaired) electrons. The zero-order valence-electron chi connectivity index (χ0n) is 10.6. The lowest BCUT2D eigenvalue weighted by Gasteiger charge is -2.12. The van der Waals surface area contributed by atoms with E-state index in [1.54, 1.807) is 11.8 Å². The van der Waals surface area contributed by atoms with Crippen molar-refractivity contribution in [3.8, 4) is 11.5 Å². The van der Waals surface area contributed by atoms with Crippen molar-refractivity contribution in [2.45, 2.75) is 6.42 Å². The second-order valence-corrected chi connectivity index (χ2v) is 5.52. The molecule has 20 heavy (non-hydrogen) atoms. The van der Waals surface area contributed by atoms with Gasteiger partial charge in [-0.05, 0) is 6.07 Å². The fourth-order valence-electron chi connectivity index (χ4n) is 1.94. The first-order valence-corrected chi connectivity index (χ1v) is 7.18. The number of carbonyl (C=O) groups is 1. The Kier molecular flexibility index (Phi) is 4.46. The van der Waals surface area contributed by atoms with E-state index in [4.69, 9.17) is 0 Å². The van der Waals surface area contributed by atoms with Crippen LogP contribution in [0.4, 0.5) is 5.69 Å². The van der Waals surface area contributed by atoms with Gasteiger partial charge in [0.2, 0.25) is 5.75 Å². The maximum atomic E-state index is 12.0. The van der Waals surface area contributed by atoms with Gasteiger partial charge in [0.25, 0.3) is 0 Å². The van der Waals surface area contributed by atoms with E-state index in [9.17, 15) is 25.1 Å². The molecule has 2 N–H and O–H groups in total. The molecule has 0 aromatic heterocycles. The molecule has 0 bridgehead atoms. The number of nitrogens with zero attached hydrogens (tertiary/aromatic N) is 2. The summed E-state index contributed by atoms with van der Waals surface area (Å²) in [5.41, 5.74) is -0.621. The molecule has 0 spiro atoms. The van der Waals surface area contributed by atoms with Crippen LogP contribution in [-0.4, -0.2) is 50.5 Å². The summed E-state index contributed by atoms with van der Waals surface area (Å²) in [6.45, 7) is 1.51. The van der Waals surface area contributed by atoms with Crippen molar-refractivity contribution in [3.05, 3.63) is 27.8 Å². The monoisotopic (exact) mass is 298 g/mol. The van der Waals surface area contributed by atoms with E-state index in [0.29, 0.717) is 6.54 Å². The fourth-order valence-corrected chi connectivity index (χ4v) is 2.97. The van der Waals surface area contributed by atoms with Crippen LogP contribution in [0.25, 0.3) is 0 Å². The van der Waals surface area contributed by atoms with Crippen LogP contribution in [0.1, 0.15) is 16.8 Å². The van der Waals surface area contributed by atoms with Crippen LogP contribution < -0.4 is 0 Å². The first-order valence-electron chi connectivity index (χ1n) is 6.02. The van der Waals surface area contributed by atoms with Gasteiger partial charge in [-0.15, -0.1) is 11.8 Å². The van der Waals surface area contributed by atoms with Gasteiger partial charge in [0, 0.05) is 42.8 Å². The van der Waals surface area contributed by atoms with Gasteiger partial charge in [-0.1, -0.05) is 0 Å². The quantitative estimate of drug-likeness (QED) is 0.368. The third-order valence-corrected chi connectivity index (χ3v) is 4.09. The first-order chi connectivity index (χ1) is 9.49. The molecule has 1 heterocycles. The predicted octanol–water partition coefficient (Wildman–Crippen LogP) is 1.59. The highest BCUT2D eigenvalue weighted by Gasteiger charge is 2.22. The molecule has 0 unspecified atom stereocenters. The minimum absolute atomic E-state index is 0.0406. The molecule has 1 aliphatic rings. The Hall–Kier alpha value is -1.80. The number of hydrogen-bond donors (Lipinski definition) is 2. The summed E-state index contributed by atoms with van der Waals surface area (Å²) >= 11 is 1.79. The molecule has 1 saturated heterocycles. The van der Waals surface area contributed by atoms with E-state index < -0.39 is 22.1 Å². The molecule has 0 aliphatic carbocycles. The maximum absolute atomic E-state index is 12.0. The lowest BCUT2D eigenvalue weighted by Crippen LogP contribution is -2.22. The number of aromatic hydroxyl groups is 2. The van der Waals surface area contributed by atoms with Gasteiger partial charge >= 0.3 is 5.69 Å². The Balaban J connectivity index is 2.11. The zero-order chi connectivity index (χ0) is 14.7. The average Bonchev–Trinajstić information content (AvgIpc) is 2.91. The molecule has 0 amide bonds. The maximum Gasteiger partial charge on any atom is 0.315 e. The minimum atomic E-state index is -0.830. The number of hydrogen-bond acceptors (Lipinski definition) is 7. The van der Waals surface area contributed by atoms with Crippen LogP contribution in [0.2, 0.25) is 0 Å². The Morgan fingerprint density at radius 3 is 2.80 bits per heavy atom. The summed E-state index contributed by atoms with van der Waals surface area (Å²) in [6, 6.07) is 2.06. The second kappa shape index (κ2) is 6.10. The number of nitro benzene ring substituents is 1. The zero-order valence-corrected chi connectivity index (χ0v) is 11.4. The Labute approximate surface area is 119 Å². The second-order valence-electron chi connectivity index (χ2n) is 4.45. The van der Waals surface area contributed by atoms with Crippen LogP contribution in [0.15, 0.2) is 12.1 Å². The smallest absolute Gasteiger partial charge is 0.315 e. The standard InChI is InChI=1S/C12H14N2O5S/c15-10(1-2-13-3-4-20-7-13)8-5-9(14(18)19)12(17)11(16)6-8/h5-6,16-17H,1-4,7H2. The third-order valence-electron chi connectivity index (χ3n) is 3.07. The van der Waals surface area contributed by atoms with Crippen LogP contribution in [-0.2, 0) is 0 Å².